The predicted molar refractivity (Wildman–Crippen MR) is 312 cm³/mol. The summed E-state index contributed by atoms with van der Waals surface area (Å²) in [6.45, 7) is 5.87. The van der Waals surface area contributed by atoms with Crippen molar-refractivity contribution in [3.8, 4) is 0 Å². The lowest BCUT2D eigenvalue weighted by molar-refractivity contribution is -0.301. The lowest BCUT2D eigenvalue weighted by Crippen LogP contribution is -2.61. The molecule has 6 unspecified atom stereocenters. The van der Waals surface area contributed by atoms with Crippen LogP contribution in [0.5, 0.6) is 0 Å². The van der Waals surface area contributed by atoms with E-state index in [9.17, 15) is 34.5 Å². The van der Waals surface area contributed by atoms with E-state index in [1.807, 2.05) is 0 Å². The van der Waals surface area contributed by atoms with Crippen molar-refractivity contribution >= 4 is 23.9 Å². The van der Waals surface area contributed by atoms with E-state index < -0.39 is 67.3 Å². The molecule has 6 atom stereocenters. The normalized spacial score (nSPS) is 18.4. The van der Waals surface area contributed by atoms with Gasteiger partial charge in [0.2, 0.25) is 0 Å². The maximum atomic E-state index is 13.2. The summed E-state index contributed by atoms with van der Waals surface area (Å²) >= 11 is 0. The Morgan fingerprint density at radius 2 is 0.818 bits per heavy atom. The zero-order valence-electron chi connectivity index (χ0n) is 49.0. The van der Waals surface area contributed by atoms with E-state index in [-0.39, 0.29) is 25.9 Å². The van der Waals surface area contributed by atoms with Gasteiger partial charge in [-0.25, -0.2) is 4.79 Å². The highest BCUT2D eigenvalue weighted by Gasteiger charge is 2.50. The van der Waals surface area contributed by atoms with Gasteiger partial charge in [0.15, 0.2) is 24.6 Å². The number of hydrogen-bond donors (Lipinski definition) is 3. The number of aliphatic hydroxyl groups excluding tert-OH is 2. The van der Waals surface area contributed by atoms with Crippen molar-refractivity contribution in [3.63, 3.8) is 0 Å². The molecule has 0 radical (unpaired) electrons. The number of carbonyl (C=O) groups excluding carboxylic acids is 3. The fourth-order valence-electron chi connectivity index (χ4n) is 9.30. The summed E-state index contributed by atoms with van der Waals surface area (Å²) in [4.78, 5) is 51.2. The number of rotatable bonds is 53. The Kier molecular flexibility index (Phi) is 49.2. The standard InChI is InChI=1S/C65H112O12/c1-4-7-10-13-16-19-22-25-28-29-32-35-38-41-44-47-50-53-59(68)76-63-61(70)60(69)62(64(71)72)77-65(63)74-55-56(75-58(67)52-49-46-43-40-37-34-31-27-24-21-18-15-12-9-6-3)54-73-57(66)51-48-45-42-39-36-33-30-26-23-20-17-14-11-8-5-2/h8,11,16-17,19-20,25-26,28,30,56,60-63,65,69-70H,4-7,9-10,12-15,18,21-24,27,29,31-55H2,1-3H3,(H,71,72)/b11-8-,19-16-,20-17-,28-25-,30-26-. The molecule has 12 heteroatoms. The average molecular weight is 1090 g/mol. The Morgan fingerprint density at radius 1 is 0.442 bits per heavy atom. The van der Waals surface area contributed by atoms with Gasteiger partial charge in [-0.05, 0) is 83.5 Å². The smallest absolute Gasteiger partial charge is 0.335 e. The summed E-state index contributed by atoms with van der Waals surface area (Å²) in [7, 11) is 0. The van der Waals surface area contributed by atoms with Crippen LogP contribution in [0.4, 0.5) is 0 Å². The Morgan fingerprint density at radius 3 is 1.27 bits per heavy atom. The molecule has 12 nitrogen and oxygen atoms in total. The highest BCUT2D eigenvalue weighted by molar-refractivity contribution is 5.74. The summed E-state index contributed by atoms with van der Waals surface area (Å²) in [5.41, 5.74) is 0. The molecule has 444 valence electrons. The third kappa shape index (κ3) is 43.0. The van der Waals surface area contributed by atoms with E-state index in [0.717, 1.165) is 128 Å². The van der Waals surface area contributed by atoms with Crippen molar-refractivity contribution in [2.24, 2.45) is 0 Å². The van der Waals surface area contributed by atoms with Gasteiger partial charge in [-0.2, -0.15) is 0 Å². The van der Waals surface area contributed by atoms with E-state index in [0.29, 0.717) is 19.3 Å². The number of carboxylic acids is 1. The van der Waals surface area contributed by atoms with Crippen LogP contribution in [0.3, 0.4) is 0 Å². The van der Waals surface area contributed by atoms with E-state index in [4.69, 9.17) is 23.7 Å². The van der Waals surface area contributed by atoms with Crippen molar-refractivity contribution in [1.82, 2.24) is 0 Å². The number of hydrogen-bond acceptors (Lipinski definition) is 11. The van der Waals surface area contributed by atoms with E-state index >= 15 is 0 Å². The predicted octanol–water partition coefficient (Wildman–Crippen LogP) is 16.3. The molecule has 3 N–H and O–H groups in total. The fraction of sp³-hybridized carbons (Fsp3) is 0.785. The molecule has 0 aliphatic carbocycles. The molecule has 77 heavy (non-hydrogen) atoms. The monoisotopic (exact) mass is 1080 g/mol. The number of carboxylic acid groups (broad SMARTS) is 1. The molecule has 1 aliphatic heterocycles. The first-order valence-electron chi connectivity index (χ1n) is 31.3. The zero-order chi connectivity index (χ0) is 56.1. The van der Waals surface area contributed by atoms with Gasteiger partial charge in [0.05, 0.1) is 6.61 Å². The molecule has 0 aromatic heterocycles. The van der Waals surface area contributed by atoms with Crippen molar-refractivity contribution in [2.45, 2.75) is 314 Å². The van der Waals surface area contributed by atoms with E-state index in [1.54, 1.807) is 0 Å². The molecule has 1 fully saturated rings. The first-order chi connectivity index (χ1) is 37.6. The van der Waals surface area contributed by atoms with Crippen molar-refractivity contribution in [3.05, 3.63) is 60.8 Å². The van der Waals surface area contributed by atoms with Crippen molar-refractivity contribution in [1.29, 1.82) is 0 Å². The largest absolute Gasteiger partial charge is 0.479 e. The summed E-state index contributed by atoms with van der Waals surface area (Å²) in [5, 5.41) is 31.5. The third-order valence-electron chi connectivity index (χ3n) is 14.1. The van der Waals surface area contributed by atoms with Crippen LogP contribution in [-0.4, -0.2) is 89.2 Å². The minimum atomic E-state index is -1.91. The quantitative estimate of drug-likeness (QED) is 0.0228. The van der Waals surface area contributed by atoms with Gasteiger partial charge < -0.3 is 39.0 Å². The van der Waals surface area contributed by atoms with Crippen LogP contribution in [0.1, 0.15) is 278 Å². The van der Waals surface area contributed by atoms with Crippen molar-refractivity contribution < 1.29 is 58.2 Å². The van der Waals surface area contributed by atoms with Crippen molar-refractivity contribution in [2.75, 3.05) is 13.2 Å². The summed E-state index contributed by atoms with van der Waals surface area (Å²) < 4.78 is 28.5. The number of ether oxygens (including phenoxy) is 5. The molecule has 0 saturated carbocycles. The Hall–Kier alpha value is -3.58. The van der Waals surface area contributed by atoms with E-state index in [2.05, 4.69) is 81.5 Å². The van der Waals surface area contributed by atoms with Gasteiger partial charge >= 0.3 is 23.9 Å². The summed E-state index contributed by atoms with van der Waals surface area (Å²) in [6.07, 6.45) is 53.2. The summed E-state index contributed by atoms with van der Waals surface area (Å²) in [6, 6.07) is 0. The highest BCUT2D eigenvalue weighted by atomic mass is 16.7. The Balaban J connectivity index is 2.68. The molecular formula is C65H112O12. The lowest BCUT2D eigenvalue weighted by atomic mass is 9.98. The second kappa shape index (κ2) is 53.1. The van der Waals surface area contributed by atoms with Crippen LogP contribution >= 0.6 is 0 Å². The molecule has 1 aliphatic rings. The maximum absolute atomic E-state index is 13.2. The molecule has 0 spiro atoms. The molecular weight excluding hydrogens is 973 g/mol. The SMILES string of the molecule is CC/C=C\C/C=C\C/C=C\CCCCCCCC(=O)OCC(COC1OC(C(=O)O)C(O)C(O)C1OC(=O)CCCCCCCCC/C=C\C/C=C\CCCCC)OC(=O)CCCCCCCCCCCCCCCCC. The van der Waals surface area contributed by atoms with Crippen LogP contribution in [0.15, 0.2) is 60.8 Å². The molecule has 0 bridgehead atoms. The minimum Gasteiger partial charge on any atom is -0.479 e. The summed E-state index contributed by atoms with van der Waals surface area (Å²) in [5.74, 6) is -3.13. The van der Waals surface area contributed by atoms with Gasteiger partial charge in [0.1, 0.15) is 18.8 Å². The molecule has 1 saturated heterocycles. The average Bonchev–Trinajstić information content (AvgIpc) is 3.42. The molecule has 0 aromatic carbocycles. The number of esters is 3. The lowest BCUT2D eigenvalue weighted by Gasteiger charge is -2.40. The molecule has 0 aromatic rings. The Labute approximate surface area is 468 Å². The van der Waals surface area contributed by atoms with Gasteiger partial charge in [-0.1, -0.05) is 236 Å². The number of aliphatic carboxylic acids is 1. The highest BCUT2D eigenvalue weighted by Crippen LogP contribution is 2.27. The third-order valence-corrected chi connectivity index (χ3v) is 14.1. The van der Waals surface area contributed by atoms with E-state index in [1.165, 1.54) is 89.9 Å². The first-order valence-corrected chi connectivity index (χ1v) is 31.3. The second-order valence-corrected chi connectivity index (χ2v) is 21.3. The second-order valence-electron chi connectivity index (χ2n) is 21.3. The van der Waals surface area contributed by atoms with Gasteiger partial charge in [0, 0.05) is 19.3 Å². The van der Waals surface area contributed by atoms with Gasteiger partial charge in [-0.15, -0.1) is 0 Å². The van der Waals surface area contributed by atoms with Gasteiger partial charge in [0.25, 0.3) is 0 Å². The maximum Gasteiger partial charge on any atom is 0.335 e. The zero-order valence-corrected chi connectivity index (χ0v) is 49.0. The molecule has 1 rings (SSSR count). The van der Waals surface area contributed by atoms with Crippen LogP contribution in [-0.2, 0) is 42.9 Å². The minimum absolute atomic E-state index is 0.0505. The van der Waals surface area contributed by atoms with Gasteiger partial charge in [-0.3, -0.25) is 14.4 Å². The van der Waals surface area contributed by atoms with Crippen LogP contribution in [0.2, 0.25) is 0 Å². The molecule has 1 heterocycles. The number of carbonyl (C=O) groups is 4. The topological polar surface area (TPSA) is 175 Å². The first kappa shape index (κ1) is 71.4. The van der Waals surface area contributed by atoms with Crippen LogP contribution < -0.4 is 0 Å². The Bertz CT molecular complexity index is 1570. The molecule has 0 amide bonds. The van der Waals surface area contributed by atoms with Crippen LogP contribution in [0.25, 0.3) is 0 Å². The number of aliphatic hydroxyl groups is 2. The number of unbranched alkanes of at least 4 members (excludes halogenated alkanes) is 29. The van der Waals surface area contributed by atoms with Crippen LogP contribution in [0, 0.1) is 0 Å². The fourth-order valence-corrected chi connectivity index (χ4v) is 9.30. The number of allylic oxidation sites excluding steroid dienone is 10.